The number of carbonyl (C=O) groups excluding carboxylic acids is 1. The Morgan fingerprint density at radius 3 is 2.88 bits per heavy atom. The molecule has 1 aliphatic rings. The van der Waals surface area contributed by atoms with Crippen LogP contribution in [0.15, 0.2) is 42.6 Å². The maximum Gasteiger partial charge on any atom is 0.227 e. The lowest BCUT2D eigenvalue weighted by Gasteiger charge is -2.25. The molecule has 0 bridgehead atoms. The van der Waals surface area contributed by atoms with Gasteiger partial charge in [0.2, 0.25) is 5.91 Å². The largest absolute Gasteiger partial charge is 0.338 e. The summed E-state index contributed by atoms with van der Waals surface area (Å²) in [4.78, 5) is 19.5. The van der Waals surface area contributed by atoms with Crippen molar-refractivity contribution >= 4 is 16.8 Å². The third-order valence-corrected chi connectivity index (χ3v) is 5.24. The van der Waals surface area contributed by atoms with Gasteiger partial charge in [-0.15, -0.1) is 0 Å². The predicted molar refractivity (Wildman–Crippen MR) is 102 cm³/mol. The van der Waals surface area contributed by atoms with Gasteiger partial charge >= 0.3 is 0 Å². The minimum Gasteiger partial charge on any atom is -0.338 e. The second kappa shape index (κ2) is 6.90. The van der Waals surface area contributed by atoms with Gasteiger partial charge in [-0.1, -0.05) is 24.3 Å². The normalized spacial score (nSPS) is 17.2. The Kier molecular flexibility index (Phi) is 4.45. The highest BCUT2D eigenvalue weighted by Gasteiger charge is 2.29. The summed E-state index contributed by atoms with van der Waals surface area (Å²) >= 11 is 0. The van der Waals surface area contributed by atoms with Gasteiger partial charge in [-0.3, -0.25) is 14.5 Å². The smallest absolute Gasteiger partial charge is 0.227 e. The molecule has 5 heteroatoms. The van der Waals surface area contributed by atoms with Crippen LogP contribution >= 0.6 is 0 Å². The highest BCUT2D eigenvalue weighted by Crippen LogP contribution is 2.23. The third-order valence-electron chi connectivity index (χ3n) is 5.24. The molecule has 1 saturated heterocycles. The van der Waals surface area contributed by atoms with Crippen LogP contribution in [-0.2, 0) is 17.8 Å². The molecule has 1 amide bonds. The number of likely N-dealkylation sites (tertiary alicyclic amines) is 1. The van der Waals surface area contributed by atoms with Crippen LogP contribution in [0.25, 0.3) is 10.9 Å². The molecule has 0 spiro atoms. The molecule has 0 radical (unpaired) electrons. The molecular formula is C21H24N4O. The fraction of sp³-hybridized carbons (Fsp3) is 0.381. The Labute approximate surface area is 153 Å². The van der Waals surface area contributed by atoms with Crippen molar-refractivity contribution in [2.24, 2.45) is 0 Å². The van der Waals surface area contributed by atoms with Crippen molar-refractivity contribution in [1.82, 2.24) is 19.7 Å². The molecule has 2 aromatic heterocycles. The van der Waals surface area contributed by atoms with Gasteiger partial charge in [0.1, 0.15) is 0 Å². The summed E-state index contributed by atoms with van der Waals surface area (Å²) in [7, 11) is 0. The van der Waals surface area contributed by atoms with Gasteiger partial charge in [0.15, 0.2) is 0 Å². The van der Waals surface area contributed by atoms with Gasteiger partial charge in [-0.2, -0.15) is 5.10 Å². The van der Waals surface area contributed by atoms with Gasteiger partial charge in [0, 0.05) is 23.8 Å². The van der Waals surface area contributed by atoms with Gasteiger partial charge < -0.3 is 4.90 Å². The molecule has 4 rings (SSSR count). The average Bonchev–Trinajstić information content (AvgIpc) is 3.22. The molecule has 5 nitrogen and oxygen atoms in total. The molecule has 0 aliphatic carbocycles. The van der Waals surface area contributed by atoms with E-state index in [4.69, 9.17) is 0 Å². The zero-order valence-corrected chi connectivity index (χ0v) is 15.4. The summed E-state index contributed by atoms with van der Waals surface area (Å²) < 4.78 is 2.03. The van der Waals surface area contributed by atoms with E-state index in [-0.39, 0.29) is 11.9 Å². The maximum atomic E-state index is 13.0. The fourth-order valence-corrected chi connectivity index (χ4v) is 3.99. The van der Waals surface area contributed by atoms with Gasteiger partial charge in [-0.05, 0) is 44.4 Å². The lowest BCUT2D eigenvalue weighted by atomic mass is 10.1. The van der Waals surface area contributed by atoms with Crippen LogP contribution < -0.4 is 0 Å². The fourth-order valence-electron chi connectivity index (χ4n) is 3.99. The van der Waals surface area contributed by atoms with E-state index in [0.29, 0.717) is 6.42 Å². The molecule has 134 valence electrons. The monoisotopic (exact) mass is 348 g/mol. The van der Waals surface area contributed by atoms with Gasteiger partial charge in [0.05, 0.1) is 30.2 Å². The number of rotatable bonds is 4. The third kappa shape index (κ3) is 3.21. The zero-order valence-electron chi connectivity index (χ0n) is 15.4. The number of aryl methyl sites for hydroxylation is 2. The molecule has 3 heterocycles. The number of hydrogen-bond donors (Lipinski definition) is 0. The van der Waals surface area contributed by atoms with Crippen molar-refractivity contribution < 1.29 is 4.79 Å². The van der Waals surface area contributed by atoms with E-state index in [1.807, 2.05) is 46.8 Å². The summed E-state index contributed by atoms with van der Waals surface area (Å²) in [5, 5.41) is 5.64. The molecule has 26 heavy (non-hydrogen) atoms. The minimum absolute atomic E-state index is 0.187. The lowest BCUT2D eigenvalue weighted by Crippen LogP contribution is -2.39. The number of hydrogen-bond acceptors (Lipinski definition) is 3. The van der Waals surface area contributed by atoms with E-state index in [1.54, 1.807) is 6.20 Å². The molecule has 0 unspecified atom stereocenters. The zero-order chi connectivity index (χ0) is 18.1. The highest BCUT2D eigenvalue weighted by atomic mass is 16.2. The van der Waals surface area contributed by atoms with Crippen molar-refractivity contribution in [3.63, 3.8) is 0 Å². The minimum atomic E-state index is 0.187. The van der Waals surface area contributed by atoms with E-state index in [9.17, 15) is 4.79 Å². The van der Waals surface area contributed by atoms with Crippen LogP contribution in [0, 0.1) is 13.8 Å². The van der Waals surface area contributed by atoms with Crippen molar-refractivity contribution in [3.8, 4) is 0 Å². The molecule has 3 aromatic rings. The second-order valence-electron chi connectivity index (χ2n) is 7.16. The van der Waals surface area contributed by atoms with Crippen molar-refractivity contribution in [2.45, 2.75) is 45.7 Å². The van der Waals surface area contributed by atoms with Crippen LogP contribution in [0.4, 0.5) is 0 Å². The SMILES string of the molecule is Cc1cc(C)n(C[C@H]2CCCN2C(=O)Cc2cccc3cccnc23)n1. The first-order valence-corrected chi connectivity index (χ1v) is 9.25. The Morgan fingerprint density at radius 2 is 2.08 bits per heavy atom. The number of fused-ring (bicyclic) bond motifs is 1. The van der Waals surface area contributed by atoms with E-state index < -0.39 is 0 Å². The van der Waals surface area contributed by atoms with Crippen LogP contribution in [0.2, 0.25) is 0 Å². The summed E-state index contributed by atoms with van der Waals surface area (Å²) in [6.07, 6.45) is 4.29. The van der Waals surface area contributed by atoms with Crippen LogP contribution in [0.3, 0.4) is 0 Å². The Balaban J connectivity index is 1.52. The predicted octanol–water partition coefficient (Wildman–Crippen LogP) is 3.28. The summed E-state index contributed by atoms with van der Waals surface area (Å²) in [5.41, 5.74) is 4.11. The number of carbonyl (C=O) groups is 1. The van der Waals surface area contributed by atoms with Crippen molar-refractivity contribution in [2.75, 3.05) is 6.54 Å². The van der Waals surface area contributed by atoms with Crippen LogP contribution in [0.1, 0.15) is 29.8 Å². The van der Waals surface area contributed by atoms with Crippen molar-refractivity contribution in [1.29, 1.82) is 0 Å². The van der Waals surface area contributed by atoms with Crippen molar-refractivity contribution in [3.05, 3.63) is 59.5 Å². The summed E-state index contributed by atoms with van der Waals surface area (Å²) in [6.45, 7) is 5.69. The molecule has 1 aromatic carbocycles. The quantitative estimate of drug-likeness (QED) is 0.727. The molecule has 1 fully saturated rings. The molecule has 0 N–H and O–H groups in total. The Morgan fingerprint density at radius 1 is 1.23 bits per heavy atom. The first-order valence-electron chi connectivity index (χ1n) is 9.25. The number of amides is 1. The summed E-state index contributed by atoms with van der Waals surface area (Å²) in [5.74, 6) is 0.187. The van der Waals surface area contributed by atoms with Gasteiger partial charge in [0.25, 0.3) is 0 Å². The topological polar surface area (TPSA) is 51.0 Å². The standard InChI is InChI=1S/C21H24N4O/c1-15-12-16(2)25(23-15)14-19-9-5-11-24(19)20(26)13-18-7-3-6-17-8-4-10-22-21(17)18/h3-4,6-8,10,12,19H,5,9,11,13-14H2,1-2H3/t19-/m1/s1. The van der Waals surface area contributed by atoms with Gasteiger partial charge in [-0.25, -0.2) is 0 Å². The molecule has 1 atom stereocenters. The van der Waals surface area contributed by atoms with E-state index >= 15 is 0 Å². The number of benzene rings is 1. The molecule has 1 aliphatic heterocycles. The van der Waals surface area contributed by atoms with E-state index in [0.717, 1.165) is 53.8 Å². The summed E-state index contributed by atoms with van der Waals surface area (Å²) in [6, 6.07) is 12.3. The van der Waals surface area contributed by atoms with E-state index in [1.165, 1.54) is 0 Å². The lowest BCUT2D eigenvalue weighted by molar-refractivity contribution is -0.131. The van der Waals surface area contributed by atoms with Crippen LogP contribution in [-0.4, -0.2) is 38.2 Å². The number of aromatic nitrogens is 3. The average molecular weight is 348 g/mol. The number of para-hydroxylation sites is 1. The maximum absolute atomic E-state index is 13.0. The number of nitrogens with zero attached hydrogens (tertiary/aromatic N) is 4. The number of pyridine rings is 1. The van der Waals surface area contributed by atoms with Crippen LogP contribution in [0.5, 0.6) is 0 Å². The molecule has 0 saturated carbocycles. The highest BCUT2D eigenvalue weighted by molar-refractivity contribution is 5.87. The Hall–Kier alpha value is -2.69. The first-order chi connectivity index (χ1) is 12.6. The molecular weight excluding hydrogens is 324 g/mol. The van der Waals surface area contributed by atoms with E-state index in [2.05, 4.69) is 23.1 Å². The second-order valence-corrected chi connectivity index (χ2v) is 7.16. The first kappa shape index (κ1) is 16.8. The Bertz CT molecular complexity index is 941.